The minimum absolute atomic E-state index is 0.744. The van der Waals surface area contributed by atoms with Gasteiger partial charge in [-0.1, -0.05) is 5.92 Å². The Bertz CT molecular complexity index is 345. The molecule has 0 fully saturated rings. The van der Waals surface area contributed by atoms with Crippen LogP contribution >= 0.6 is 0 Å². The van der Waals surface area contributed by atoms with E-state index in [2.05, 4.69) is 11.8 Å². The van der Waals surface area contributed by atoms with Crippen LogP contribution in [0.4, 0.5) is 0 Å². The number of benzene rings is 1. The van der Waals surface area contributed by atoms with Crippen LogP contribution in [0.1, 0.15) is 12.5 Å². The van der Waals surface area contributed by atoms with Crippen molar-refractivity contribution in [1.29, 1.82) is 0 Å². The van der Waals surface area contributed by atoms with Crippen LogP contribution in [-0.4, -0.2) is 14.2 Å². The highest BCUT2D eigenvalue weighted by Crippen LogP contribution is 2.23. The van der Waals surface area contributed by atoms with Crippen molar-refractivity contribution in [1.82, 2.24) is 0 Å². The molecule has 0 saturated heterocycles. The van der Waals surface area contributed by atoms with E-state index in [1.54, 1.807) is 21.1 Å². The average molecular weight is 176 g/mol. The molecule has 0 aromatic heterocycles. The van der Waals surface area contributed by atoms with Gasteiger partial charge in [0, 0.05) is 6.07 Å². The van der Waals surface area contributed by atoms with E-state index in [-0.39, 0.29) is 0 Å². The second-order valence-electron chi connectivity index (χ2n) is 2.44. The smallest absolute Gasteiger partial charge is 0.138 e. The zero-order valence-electron chi connectivity index (χ0n) is 8.05. The van der Waals surface area contributed by atoms with E-state index in [4.69, 9.17) is 9.47 Å². The SMILES string of the molecule is CC#Cc1ccc(OC)cc1OC. The fraction of sp³-hybridized carbons (Fsp3) is 0.273. The summed E-state index contributed by atoms with van der Waals surface area (Å²) in [5.74, 6) is 7.29. The molecule has 68 valence electrons. The zero-order valence-corrected chi connectivity index (χ0v) is 8.05. The van der Waals surface area contributed by atoms with Gasteiger partial charge in [0.2, 0.25) is 0 Å². The van der Waals surface area contributed by atoms with Gasteiger partial charge < -0.3 is 9.47 Å². The molecule has 1 aromatic carbocycles. The Morgan fingerprint density at radius 1 is 1.15 bits per heavy atom. The second-order valence-corrected chi connectivity index (χ2v) is 2.44. The highest BCUT2D eigenvalue weighted by molar-refractivity contribution is 5.49. The normalized spacial score (nSPS) is 8.54. The molecule has 0 unspecified atom stereocenters. The molecule has 0 bridgehead atoms. The van der Waals surface area contributed by atoms with Crippen LogP contribution in [0, 0.1) is 11.8 Å². The van der Waals surface area contributed by atoms with Gasteiger partial charge in [-0.3, -0.25) is 0 Å². The third-order valence-corrected chi connectivity index (χ3v) is 1.67. The van der Waals surface area contributed by atoms with E-state index in [1.165, 1.54) is 0 Å². The Hall–Kier alpha value is -1.62. The van der Waals surface area contributed by atoms with Crippen molar-refractivity contribution >= 4 is 0 Å². The maximum Gasteiger partial charge on any atom is 0.138 e. The molecule has 1 aromatic rings. The van der Waals surface area contributed by atoms with Crippen molar-refractivity contribution in [3.05, 3.63) is 23.8 Å². The Morgan fingerprint density at radius 2 is 1.92 bits per heavy atom. The van der Waals surface area contributed by atoms with Gasteiger partial charge in [0.1, 0.15) is 11.5 Å². The first-order valence-electron chi connectivity index (χ1n) is 3.96. The summed E-state index contributed by atoms with van der Waals surface area (Å²) in [5, 5.41) is 0. The molecule has 0 aliphatic heterocycles. The van der Waals surface area contributed by atoms with Crippen LogP contribution < -0.4 is 9.47 Å². The van der Waals surface area contributed by atoms with Crippen LogP contribution in [0.3, 0.4) is 0 Å². The predicted molar refractivity (Wildman–Crippen MR) is 52.1 cm³/mol. The topological polar surface area (TPSA) is 18.5 Å². The maximum absolute atomic E-state index is 5.16. The molecule has 0 N–H and O–H groups in total. The molecule has 2 nitrogen and oxygen atoms in total. The Morgan fingerprint density at radius 3 is 2.46 bits per heavy atom. The van der Waals surface area contributed by atoms with Gasteiger partial charge in [-0.05, 0) is 19.1 Å². The molecule has 0 atom stereocenters. The average Bonchev–Trinajstić information content (AvgIpc) is 2.19. The van der Waals surface area contributed by atoms with Crippen molar-refractivity contribution in [2.45, 2.75) is 6.92 Å². The summed E-state index contributed by atoms with van der Waals surface area (Å²) in [4.78, 5) is 0. The van der Waals surface area contributed by atoms with Gasteiger partial charge in [0.05, 0.1) is 19.8 Å². The largest absolute Gasteiger partial charge is 0.497 e. The van der Waals surface area contributed by atoms with Gasteiger partial charge in [0.15, 0.2) is 0 Å². The van der Waals surface area contributed by atoms with Gasteiger partial charge in [-0.25, -0.2) is 0 Å². The van der Waals surface area contributed by atoms with Crippen molar-refractivity contribution in [2.24, 2.45) is 0 Å². The van der Waals surface area contributed by atoms with Gasteiger partial charge >= 0.3 is 0 Å². The van der Waals surface area contributed by atoms with E-state index < -0.39 is 0 Å². The first kappa shape index (κ1) is 9.47. The van der Waals surface area contributed by atoms with E-state index in [0.29, 0.717) is 0 Å². The lowest BCUT2D eigenvalue weighted by Crippen LogP contribution is -1.89. The molecule has 0 heterocycles. The summed E-state index contributed by atoms with van der Waals surface area (Å²) in [6.45, 7) is 1.80. The first-order valence-corrected chi connectivity index (χ1v) is 3.96. The number of ether oxygens (including phenoxy) is 2. The monoisotopic (exact) mass is 176 g/mol. The van der Waals surface area contributed by atoms with Gasteiger partial charge in [-0.2, -0.15) is 0 Å². The van der Waals surface area contributed by atoms with Crippen LogP contribution in [0.2, 0.25) is 0 Å². The maximum atomic E-state index is 5.16. The summed E-state index contributed by atoms with van der Waals surface area (Å²) in [5.41, 5.74) is 0.880. The summed E-state index contributed by atoms with van der Waals surface area (Å²) in [6, 6.07) is 5.57. The number of rotatable bonds is 2. The molecule has 0 spiro atoms. The third kappa shape index (κ3) is 2.16. The quantitative estimate of drug-likeness (QED) is 0.642. The van der Waals surface area contributed by atoms with Crippen molar-refractivity contribution in [3.8, 4) is 23.3 Å². The van der Waals surface area contributed by atoms with Crippen LogP contribution in [0.5, 0.6) is 11.5 Å². The highest BCUT2D eigenvalue weighted by atomic mass is 16.5. The van der Waals surface area contributed by atoms with Crippen molar-refractivity contribution < 1.29 is 9.47 Å². The van der Waals surface area contributed by atoms with Crippen LogP contribution in [0.15, 0.2) is 18.2 Å². The fourth-order valence-corrected chi connectivity index (χ4v) is 1.04. The molecule has 0 aliphatic carbocycles. The standard InChI is InChI=1S/C11H12O2/c1-4-5-9-6-7-10(12-2)8-11(9)13-3/h6-8H,1-3H3. The number of hydrogen-bond acceptors (Lipinski definition) is 2. The second kappa shape index (κ2) is 4.42. The number of hydrogen-bond donors (Lipinski definition) is 0. The Kier molecular flexibility index (Phi) is 3.22. The molecular weight excluding hydrogens is 164 g/mol. The first-order chi connectivity index (χ1) is 6.31. The molecule has 0 saturated carbocycles. The molecule has 0 amide bonds. The van der Waals surface area contributed by atoms with E-state index in [0.717, 1.165) is 17.1 Å². The van der Waals surface area contributed by atoms with E-state index >= 15 is 0 Å². The molecule has 0 aliphatic rings. The molecular formula is C11H12O2. The predicted octanol–water partition coefficient (Wildman–Crippen LogP) is 2.08. The minimum Gasteiger partial charge on any atom is -0.497 e. The lowest BCUT2D eigenvalue weighted by Gasteiger charge is -2.05. The summed E-state index contributed by atoms with van der Waals surface area (Å²) < 4.78 is 10.2. The van der Waals surface area contributed by atoms with Gasteiger partial charge in [0.25, 0.3) is 0 Å². The minimum atomic E-state index is 0.744. The van der Waals surface area contributed by atoms with Gasteiger partial charge in [-0.15, -0.1) is 5.92 Å². The molecule has 1 rings (SSSR count). The summed E-state index contributed by atoms with van der Waals surface area (Å²) >= 11 is 0. The van der Waals surface area contributed by atoms with Crippen LogP contribution in [0.25, 0.3) is 0 Å². The molecule has 2 heteroatoms. The Labute approximate surface area is 78.5 Å². The van der Waals surface area contributed by atoms with Crippen molar-refractivity contribution in [3.63, 3.8) is 0 Å². The molecule has 0 radical (unpaired) electrons. The van der Waals surface area contributed by atoms with Crippen molar-refractivity contribution in [2.75, 3.05) is 14.2 Å². The van der Waals surface area contributed by atoms with E-state index in [9.17, 15) is 0 Å². The Balaban J connectivity index is 3.13. The number of methoxy groups -OCH3 is 2. The van der Waals surface area contributed by atoms with Crippen LogP contribution in [-0.2, 0) is 0 Å². The highest BCUT2D eigenvalue weighted by Gasteiger charge is 2.01. The van der Waals surface area contributed by atoms with E-state index in [1.807, 2.05) is 18.2 Å². The fourth-order valence-electron chi connectivity index (χ4n) is 1.04. The molecule has 13 heavy (non-hydrogen) atoms. The lowest BCUT2D eigenvalue weighted by atomic mass is 10.2. The zero-order chi connectivity index (χ0) is 9.68. The summed E-state index contributed by atoms with van der Waals surface area (Å²) in [6.07, 6.45) is 0. The summed E-state index contributed by atoms with van der Waals surface area (Å²) in [7, 11) is 3.25. The lowest BCUT2D eigenvalue weighted by molar-refractivity contribution is 0.393. The third-order valence-electron chi connectivity index (χ3n) is 1.67.